The summed E-state index contributed by atoms with van der Waals surface area (Å²) in [6.45, 7) is 2.11. The summed E-state index contributed by atoms with van der Waals surface area (Å²) < 4.78 is 16.9. The number of fused-ring (bicyclic) bond motifs is 3. The molecular formula is C68H95N17O15S. The SMILES string of the molecule is C[C@H]1NC(=O)[C@@H](CCCNC(=N)N)NC(=O)[C@@H](Cc2ccc(O)cc2)NC(=O)[C@@H](Cc2c[nH]c3ccccc23)NC(=O)[C@@H](NC(=O)COCCOCCOCCNC(=O)CCCCC2SC[C@H]3NC(=O)N[C@@H]23)CC2=CC(CCCC[C@@H](C(N)=O)NC(=O)[C@@H](Cc3ccc(O)cc3)NC1O)N=N2. The van der Waals surface area contributed by atoms with Gasteiger partial charge in [0.25, 0.3) is 0 Å². The minimum Gasteiger partial charge on any atom is -0.508 e. The van der Waals surface area contributed by atoms with Gasteiger partial charge in [0.2, 0.25) is 47.3 Å². The van der Waals surface area contributed by atoms with Gasteiger partial charge >= 0.3 is 6.03 Å². The maximum Gasteiger partial charge on any atom is 0.315 e. The second-order valence-corrected chi connectivity index (χ2v) is 26.7. The molecule has 33 heteroatoms. The molecule has 548 valence electrons. The number of nitrogens with zero attached hydrogens (tertiary/aromatic N) is 2. The number of aromatic nitrogens is 1. The third-order valence-corrected chi connectivity index (χ3v) is 19.1. The van der Waals surface area contributed by atoms with Gasteiger partial charge < -0.3 is 99.1 Å². The topological polar surface area (TPSA) is 491 Å². The van der Waals surface area contributed by atoms with Crippen molar-refractivity contribution in [3.05, 3.63) is 107 Å². The number of primary amides is 1. The smallest absolute Gasteiger partial charge is 0.315 e. The first-order valence-corrected chi connectivity index (χ1v) is 35.2. The fourth-order valence-electron chi connectivity index (χ4n) is 12.1. The van der Waals surface area contributed by atoms with Gasteiger partial charge in [-0.05, 0) is 105 Å². The number of unbranched alkanes of at least 4 members (excludes halogenated alkanes) is 1. The number of rotatable bonds is 28. The number of carbonyl (C=O) groups excluding carboxylic acids is 9. The number of H-pyrrole nitrogens is 1. The van der Waals surface area contributed by atoms with Crippen molar-refractivity contribution in [2.45, 2.75) is 169 Å². The van der Waals surface area contributed by atoms with Crippen LogP contribution in [0, 0.1) is 5.41 Å². The van der Waals surface area contributed by atoms with E-state index in [0.29, 0.717) is 59.9 Å². The van der Waals surface area contributed by atoms with Gasteiger partial charge in [-0.1, -0.05) is 61.7 Å². The Morgan fingerprint density at radius 1 is 0.663 bits per heavy atom. The molecule has 3 unspecified atom stereocenters. The molecule has 101 heavy (non-hydrogen) atoms. The number of phenolic OH excluding ortho intramolecular Hbond substituents is 2. The molecule has 10 amide bonds. The number of thioether (sulfide) groups is 1. The molecular weight excluding hydrogens is 1330 g/mol. The third-order valence-electron chi connectivity index (χ3n) is 17.6. The van der Waals surface area contributed by atoms with Crippen LogP contribution < -0.4 is 70.0 Å². The van der Waals surface area contributed by atoms with E-state index in [1.54, 1.807) is 30.5 Å². The molecule has 12 atom stereocenters. The monoisotopic (exact) mass is 1420 g/mol. The normalized spacial score (nSPS) is 24.8. The number of hydrogen-bond donors (Lipinski definition) is 18. The number of para-hydroxylation sites is 1. The van der Waals surface area contributed by atoms with Crippen molar-refractivity contribution in [3.8, 4) is 11.5 Å². The van der Waals surface area contributed by atoms with Crippen molar-refractivity contribution in [2.75, 3.05) is 58.5 Å². The van der Waals surface area contributed by atoms with Gasteiger partial charge in [0.15, 0.2) is 5.96 Å². The summed E-state index contributed by atoms with van der Waals surface area (Å²) >= 11 is 1.84. The molecule has 5 heterocycles. The predicted octanol–water partition coefficient (Wildman–Crippen LogP) is 0.135. The molecule has 0 saturated carbocycles. The number of urea groups is 1. The number of phenols is 2. The van der Waals surface area contributed by atoms with E-state index in [2.05, 4.69) is 73.7 Å². The number of aromatic hydroxyl groups is 2. The molecule has 2 saturated heterocycles. The van der Waals surface area contributed by atoms with Crippen LogP contribution in [0.3, 0.4) is 0 Å². The van der Waals surface area contributed by atoms with Gasteiger partial charge in [0.05, 0.1) is 68.9 Å². The first-order chi connectivity index (χ1) is 48.6. The standard InChI is InChI=1S/C68H95N17O15S/c1-39-61(91)79-51(31-40-16-20-45(86)21-17-40)63(93)77-49(60(69)90)12-4-2-9-43-34-44(85-84-43)35-54(76-58(89)37-100-30-29-99-28-27-98-26-25-72-57(88)15-7-6-14-56-59-55(38-101-56)82-68(97)83-59)66(96)81-53(33-42-36-74-48-11-5-3-10-47(42)48)65(95)80-52(32-41-18-22-46(87)23-19-41)64(94)78-50(62(92)75-39)13-8-24-73-67(70)71/h3,5,10-11,16-23,34,36,39,43,49-56,59,61,74,79,86-87,91H,2,4,6-9,12-15,24-33,35,37-38H2,1H3,(H2,69,90)(H,72,88)(H,75,92)(H,76,89)(H,77,93)(H,78,94)(H,80,95)(H,81,96)(H4,70,71,73)(H2,82,83,97)/t39-,43?,49+,50-,51-,52-,53-,54+,55-,56?,59-,61?/m1/s1. The van der Waals surface area contributed by atoms with Crippen molar-refractivity contribution in [1.29, 1.82) is 5.41 Å². The highest BCUT2D eigenvalue weighted by atomic mass is 32.2. The van der Waals surface area contributed by atoms with Crippen LogP contribution in [0.25, 0.3) is 10.9 Å². The Balaban J connectivity index is 0.964. The molecule has 20 N–H and O–H groups in total. The predicted molar refractivity (Wildman–Crippen MR) is 373 cm³/mol. The fourth-order valence-corrected chi connectivity index (χ4v) is 13.6. The molecule has 32 nitrogen and oxygen atoms in total. The third kappa shape index (κ3) is 25.3. The lowest BCUT2D eigenvalue weighted by Gasteiger charge is -2.29. The summed E-state index contributed by atoms with van der Waals surface area (Å²) in [4.78, 5) is 128. The summed E-state index contributed by atoms with van der Waals surface area (Å²) in [5.74, 6) is -5.25. The van der Waals surface area contributed by atoms with Crippen LogP contribution >= 0.6 is 11.8 Å². The number of aliphatic hydroxyl groups is 1. The van der Waals surface area contributed by atoms with Crippen LogP contribution in [-0.4, -0.2) is 210 Å². The van der Waals surface area contributed by atoms with E-state index < -0.39 is 103 Å². The maximum atomic E-state index is 15.2. The van der Waals surface area contributed by atoms with Crippen LogP contribution in [0.1, 0.15) is 94.2 Å². The number of nitrogens with two attached hydrogens (primary N) is 2. The number of ether oxygens (including phenoxy) is 3. The van der Waals surface area contributed by atoms with Crippen LogP contribution in [0.4, 0.5) is 4.79 Å². The zero-order chi connectivity index (χ0) is 72.2. The van der Waals surface area contributed by atoms with Gasteiger partial charge in [-0.25, -0.2) is 4.79 Å². The number of azo groups is 1. The van der Waals surface area contributed by atoms with Crippen LogP contribution in [0.5, 0.6) is 11.5 Å². The summed E-state index contributed by atoms with van der Waals surface area (Å²) in [5.41, 5.74) is 14.1. The van der Waals surface area contributed by atoms with Gasteiger partial charge in [0, 0.05) is 66.9 Å². The zero-order valence-electron chi connectivity index (χ0n) is 56.5. The molecule has 0 spiro atoms. The number of benzene rings is 3. The molecule has 8 rings (SSSR count). The molecule has 2 fully saturated rings. The van der Waals surface area contributed by atoms with Crippen molar-refractivity contribution in [3.63, 3.8) is 0 Å². The van der Waals surface area contributed by atoms with E-state index in [9.17, 15) is 53.7 Å². The van der Waals surface area contributed by atoms with Gasteiger partial charge in [-0.2, -0.15) is 22.0 Å². The van der Waals surface area contributed by atoms with Gasteiger partial charge in [-0.3, -0.25) is 49.1 Å². The molecule has 0 radical (unpaired) electrons. The average molecular weight is 1420 g/mol. The first kappa shape index (κ1) is 77.3. The number of guanidine groups is 1. The van der Waals surface area contributed by atoms with Gasteiger partial charge in [0.1, 0.15) is 54.5 Å². The second-order valence-electron chi connectivity index (χ2n) is 25.4. The molecule has 0 aliphatic carbocycles. The Morgan fingerprint density at radius 3 is 2.01 bits per heavy atom. The molecule has 4 aliphatic heterocycles. The Bertz CT molecular complexity index is 3530. The minimum atomic E-state index is -1.65. The highest BCUT2D eigenvalue weighted by molar-refractivity contribution is 8.00. The van der Waals surface area contributed by atoms with Crippen molar-refractivity contribution < 1.29 is 72.7 Å². The zero-order valence-corrected chi connectivity index (χ0v) is 57.3. The molecule has 4 aliphatic rings. The largest absolute Gasteiger partial charge is 0.508 e. The van der Waals surface area contributed by atoms with Crippen LogP contribution in [0.15, 0.2) is 101 Å². The van der Waals surface area contributed by atoms with E-state index in [4.69, 9.17) is 31.1 Å². The Hall–Kier alpha value is -9.41. The van der Waals surface area contributed by atoms with Crippen molar-refractivity contribution in [1.82, 2.24) is 63.5 Å². The molecule has 1 aromatic heterocycles. The molecule has 3 aromatic carbocycles. The number of nitrogens with one attached hydrogen (secondary N) is 13. The Kier molecular flexibility index (Phi) is 30.3. The number of aliphatic hydroxyl groups excluding tert-OH is 1. The van der Waals surface area contributed by atoms with Crippen molar-refractivity contribution in [2.24, 2.45) is 21.7 Å². The van der Waals surface area contributed by atoms with Crippen LogP contribution in [-0.2, 0) is 71.8 Å². The summed E-state index contributed by atoms with van der Waals surface area (Å²) in [5, 5.41) is 80.4. The Labute approximate surface area is 588 Å². The highest BCUT2D eigenvalue weighted by Crippen LogP contribution is 2.33. The summed E-state index contributed by atoms with van der Waals surface area (Å²) in [6.07, 6.45) is 5.46. The summed E-state index contributed by atoms with van der Waals surface area (Å²) in [7, 11) is 0. The van der Waals surface area contributed by atoms with E-state index in [1.807, 2.05) is 30.0 Å². The Morgan fingerprint density at radius 2 is 1.30 bits per heavy atom. The fraction of sp³-hybridized carbons (Fsp3) is 0.529. The van der Waals surface area contributed by atoms with E-state index in [0.717, 1.165) is 35.9 Å². The van der Waals surface area contributed by atoms with E-state index in [1.165, 1.54) is 43.3 Å². The number of hydrogen-bond acceptors (Lipinski definition) is 20. The lowest BCUT2D eigenvalue weighted by Crippen LogP contribution is -2.61. The average Bonchev–Trinajstić information content (AvgIpc) is 1.71. The van der Waals surface area contributed by atoms with Crippen molar-refractivity contribution >= 4 is 81.9 Å². The van der Waals surface area contributed by atoms with Gasteiger partial charge in [-0.15, -0.1) is 0 Å². The van der Waals surface area contributed by atoms with E-state index >= 15 is 4.79 Å². The van der Waals surface area contributed by atoms with Crippen LogP contribution in [0.2, 0.25) is 0 Å². The number of amides is 10. The molecule has 4 aromatic rings. The lowest BCUT2D eigenvalue weighted by atomic mass is 10.0. The number of aromatic amines is 1. The quantitative estimate of drug-likeness (QED) is 0.0156. The van der Waals surface area contributed by atoms with E-state index in [-0.39, 0.29) is 126 Å². The highest BCUT2D eigenvalue weighted by Gasteiger charge is 2.43. The lowest BCUT2D eigenvalue weighted by molar-refractivity contribution is -0.135. The maximum absolute atomic E-state index is 15.2. The number of carbonyl (C=O) groups is 9. The second kappa shape index (κ2) is 39.5. The minimum absolute atomic E-state index is 0.0185. The first-order valence-electron chi connectivity index (χ1n) is 34.2. The molecule has 2 bridgehead atoms. The summed E-state index contributed by atoms with van der Waals surface area (Å²) in [6, 6.07) is 9.47.